The van der Waals surface area contributed by atoms with Crippen molar-refractivity contribution in [3.05, 3.63) is 134 Å². The summed E-state index contributed by atoms with van der Waals surface area (Å²) in [5.41, 5.74) is 0. The van der Waals surface area contributed by atoms with Crippen LogP contribution in [-0.4, -0.2) is 37.2 Å². The summed E-state index contributed by atoms with van der Waals surface area (Å²) in [5, 5.41) is 0. The van der Waals surface area contributed by atoms with Crippen LogP contribution in [0.15, 0.2) is 134 Å². The smallest absolute Gasteiger partial charge is 0.306 e. The van der Waals surface area contributed by atoms with Crippen LogP contribution in [0, 0.1) is 0 Å². The van der Waals surface area contributed by atoms with Crippen LogP contribution >= 0.6 is 0 Å². The van der Waals surface area contributed by atoms with Crippen LogP contribution in [0.1, 0.15) is 168 Å². The zero-order chi connectivity index (χ0) is 43.7. The molecule has 0 radical (unpaired) electrons. The SMILES string of the molecule is CC\C=C/C=C\C=C/C=C\C=C\C=C/C=C\CCCCCC(=O)OCC(COC(=O)CCC/C=C\C/C=C\C/C=C\CC)OC(=O)CCCCCCC/C=C\CCCCC. The molecule has 6 heteroatoms. The van der Waals surface area contributed by atoms with Crippen molar-refractivity contribution in [1.82, 2.24) is 0 Å². The van der Waals surface area contributed by atoms with Crippen molar-refractivity contribution >= 4 is 17.9 Å². The van der Waals surface area contributed by atoms with Gasteiger partial charge in [-0.15, -0.1) is 0 Å². The Morgan fingerprint density at radius 1 is 0.367 bits per heavy atom. The Bertz CT molecular complexity index is 1370. The molecule has 0 aliphatic carbocycles. The Labute approximate surface area is 366 Å². The van der Waals surface area contributed by atoms with Crippen LogP contribution in [0.4, 0.5) is 0 Å². The number of carbonyl (C=O) groups excluding carboxylic acids is 3. The van der Waals surface area contributed by atoms with Gasteiger partial charge in [0.2, 0.25) is 0 Å². The van der Waals surface area contributed by atoms with Crippen LogP contribution in [-0.2, 0) is 28.6 Å². The predicted molar refractivity (Wildman–Crippen MR) is 256 cm³/mol. The van der Waals surface area contributed by atoms with E-state index < -0.39 is 6.10 Å². The number of esters is 3. The van der Waals surface area contributed by atoms with Crippen molar-refractivity contribution in [2.24, 2.45) is 0 Å². The Morgan fingerprint density at radius 3 is 1.32 bits per heavy atom. The quantitative estimate of drug-likeness (QED) is 0.0202. The Balaban J connectivity index is 4.57. The molecule has 0 fully saturated rings. The minimum atomic E-state index is -0.824. The molecule has 334 valence electrons. The van der Waals surface area contributed by atoms with Gasteiger partial charge in [-0.25, -0.2) is 0 Å². The molecule has 0 aliphatic rings. The summed E-state index contributed by atoms with van der Waals surface area (Å²) in [6.45, 7) is 6.21. The summed E-state index contributed by atoms with van der Waals surface area (Å²) in [7, 11) is 0. The van der Waals surface area contributed by atoms with Gasteiger partial charge >= 0.3 is 17.9 Å². The zero-order valence-corrected chi connectivity index (χ0v) is 37.9. The van der Waals surface area contributed by atoms with Gasteiger partial charge in [0, 0.05) is 19.3 Å². The molecular weight excluding hydrogens is 745 g/mol. The molecule has 0 aliphatic heterocycles. The van der Waals surface area contributed by atoms with Gasteiger partial charge in [-0.2, -0.15) is 0 Å². The van der Waals surface area contributed by atoms with E-state index in [1.807, 2.05) is 72.9 Å². The van der Waals surface area contributed by atoms with Crippen LogP contribution in [0.3, 0.4) is 0 Å². The lowest BCUT2D eigenvalue weighted by molar-refractivity contribution is -0.167. The molecule has 60 heavy (non-hydrogen) atoms. The standard InChI is InChI=1S/C54H82O6/c1-4-7-10-13-16-19-22-24-25-26-27-28-29-30-33-35-38-41-44-47-53(56)59-50-51(49-58-52(55)46-43-40-37-34-31-21-18-15-12-9-6-3)60-54(57)48-45-42-39-36-32-23-20-17-14-11-8-5-2/h7,9-10,12-13,16-22,24-30,33-34,37,51H,4-6,8,11,14-15,23,31-32,35-36,38-50H2,1-3H3/b10-7-,12-9-,16-13-,20-17-,21-18-,22-19-,25-24-,27-26+,29-28-,33-30-,37-34-. The normalized spacial score (nSPS) is 13.3. The molecule has 6 nitrogen and oxygen atoms in total. The van der Waals surface area contributed by atoms with E-state index in [2.05, 4.69) is 81.5 Å². The van der Waals surface area contributed by atoms with E-state index in [0.29, 0.717) is 19.3 Å². The van der Waals surface area contributed by atoms with E-state index in [-0.39, 0.29) is 44.0 Å². The number of carbonyl (C=O) groups is 3. The molecule has 0 bridgehead atoms. The van der Waals surface area contributed by atoms with Crippen molar-refractivity contribution in [3.8, 4) is 0 Å². The summed E-state index contributed by atoms with van der Waals surface area (Å²) in [5.74, 6) is -1.05. The molecule has 0 aromatic rings. The molecule has 0 saturated heterocycles. The highest BCUT2D eigenvalue weighted by Gasteiger charge is 2.19. The van der Waals surface area contributed by atoms with Gasteiger partial charge in [0.15, 0.2) is 6.10 Å². The lowest BCUT2D eigenvalue weighted by atomic mass is 10.1. The average molecular weight is 827 g/mol. The van der Waals surface area contributed by atoms with E-state index in [1.54, 1.807) is 0 Å². The fraction of sp³-hybridized carbons (Fsp3) is 0.537. The second kappa shape index (κ2) is 47.2. The molecule has 0 heterocycles. The monoisotopic (exact) mass is 827 g/mol. The van der Waals surface area contributed by atoms with Crippen LogP contribution in [0.5, 0.6) is 0 Å². The highest BCUT2D eigenvalue weighted by Crippen LogP contribution is 2.11. The van der Waals surface area contributed by atoms with Gasteiger partial charge in [0.25, 0.3) is 0 Å². The highest BCUT2D eigenvalue weighted by atomic mass is 16.6. The minimum Gasteiger partial charge on any atom is -0.462 e. The maximum atomic E-state index is 12.7. The number of rotatable bonds is 39. The van der Waals surface area contributed by atoms with Gasteiger partial charge in [0.05, 0.1) is 0 Å². The van der Waals surface area contributed by atoms with E-state index >= 15 is 0 Å². The number of allylic oxidation sites excluding steroid dienone is 22. The van der Waals surface area contributed by atoms with E-state index in [0.717, 1.165) is 83.5 Å². The summed E-state index contributed by atoms with van der Waals surface area (Å²) < 4.78 is 16.6. The van der Waals surface area contributed by atoms with Gasteiger partial charge in [-0.1, -0.05) is 193 Å². The van der Waals surface area contributed by atoms with Crippen molar-refractivity contribution in [2.45, 2.75) is 175 Å². The molecular formula is C54H82O6. The maximum Gasteiger partial charge on any atom is 0.306 e. The molecule has 0 aromatic carbocycles. The third kappa shape index (κ3) is 44.6. The Kier molecular flexibility index (Phi) is 43.7. The summed E-state index contributed by atoms with van der Waals surface area (Å²) >= 11 is 0. The molecule has 1 atom stereocenters. The fourth-order valence-electron chi connectivity index (χ4n) is 5.62. The molecule has 0 saturated carbocycles. The predicted octanol–water partition coefficient (Wildman–Crippen LogP) is 15.1. The molecule has 0 rings (SSSR count). The Morgan fingerprint density at radius 2 is 0.750 bits per heavy atom. The van der Waals surface area contributed by atoms with Gasteiger partial charge in [-0.3, -0.25) is 14.4 Å². The first-order valence-electron chi connectivity index (χ1n) is 23.3. The van der Waals surface area contributed by atoms with Gasteiger partial charge < -0.3 is 14.2 Å². The van der Waals surface area contributed by atoms with Crippen LogP contribution < -0.4 is 0 Å². The summed E-state index contributed by atoms with van der Waals surface area (Å²) in [6.07, 6.45) is 65.8. The van der Waals surface area contributed by atoms with Crippen molar-refractivity contribution < 1.29 is 28.6 Å². The van der Waals surface area contributed by atoms with Gasteiger partial charge in [-0.05, 0) is 89.9 Å². The first-order valence-corrected chi connectivity index (χ1v) is 23.3. The highest BCUT2D eigenvalue weighted by molar-refractivity contribution is 5.71. The first-order chi connectivity index (χ1) is 29.5. The topological polar surface area (TPSA) is 78.9 Å². The first kappa shape index (κ1) is 55.5. The summed E-state index contributed by atoms with van der Waals surface area (Å²) in [4.78, 5) is 37.8. The van der Waals surface area contributed by atoms with Crippen LogP contribution in [0.2, 0.25) is 0 Å². The largest absolute Gasteiger partial charge is 0.462 e. The molecule has 0 aromatic heterocycles. The van der Waals surface area contributed by atoms with E-state index in [1.165, 1.54) is 32.1 Å². The van der Waals surface area contributed by atoms with Crippen LogP contribution in [0.25, 0.3) is 0 Å². The second-order valence-electron chi connectivity index (χ2n) is 14.7. The number of hydrogen-bond acceptors (Lipinski definition) is 6. The zero-order valence-electron chi connectivity index (χ0n) is 37.9. The second-order valence-corrected chi connectivity index (χ2v) is 14.7. The summed E-state index contributed by atoms with van der Waals surface area (Å²) in [6, 6.07) is 0. The van der Waals surface area contributed by atoms with E-state index in [9.17, 15) is 14.4 Å². The fourth-order valence-corrected chi connectivity index (χ4v) is 5.62. The lowest BCUT2D eigenvalue weighted by Crippen LogP contribution is -2.30. The van der Waals surface area contributed by atoms with Gasteiger partial charge in [0.1, 0.15) is 13.2 Å². The minimum absolute atomic E-state index is 0.126. The number of ether oxygens (including phenoxy) is 3. The van der Waals surface area contributed by atoms with E-state index in [4.69, 9.17) is 14.2 Å². The lowest BCUT2D eigenvalue weighted by Gasteiger charge is -2.18. The molecule has 0 N–H and O–H groups in total. The third-order valence-corrected chi connectivity index (χ3v) is 9.06. The Hall–Kier alpha value is -4.45. The number of hydrogen-bond donors (Lipinski definition) is 0. The number of unbranched alkanes of at least 4 members (excludes halogenated alkanes) is 12. The van der Waals surface area contributed by atoms with Crippen molar-refractivity contribution in [3.63, 3.8) is 0 Å². The van der Waals surface area contributed by atoms with Crippen molar-refractivity contribution in [2.75, 3.05) is 13.2 Å². The molecule has 1 unspecified atom stereocenters. The molecule has 0 spiro atoms. The van der Waals surface area contributed by atoms with Crippen molar-refractivity contribution in [1.29, 1.82) is 0 Å². The molecule has 0 amide bonds. The average Bonchev–Trinajstić information content (AvgIpc) is 3.24. The maximum absolute atomic E-state index is 12.7. The third-order valence-electron chi connectivity index (χ3n) is 9.06.